The molecule has 0 aliphatic heterocycles. The average Bonchev–Trinajstić information content (AvgIpc) is 2.45. The highest BCUT2D eigenvalue weighted by Gasteiger charge is 2.10. The van der Waals surface area contributed by atoms with Crippen LogP contribution in [-0.4, -0.2) is 23.1 Å². The minimum Gasteiger partial charge on any atom is -0.481 e. The van der Waals surface area contributed by atoms with E-state index in [-0.39, 0.29) is 12.5 Å². The average molecular weight is 291 g/mol. The van der Waals surface area contributed by atoms with Crippen LogP contribution in [0.25, 0.3) is 0 Å². The van der Waals surface area contributed by atoms with Crippen molar-refractivity contribution >= 4 is 11.9 Å². The number of carbonyl (C=O) groups is 2. The topological polar surface area (TPSA) is 75.6 Å². The Balaban J connectivity index is 2.66. The Labute approximate surface area is 124 Å². The van der Waals surface area contributed by atoms with Gasteiger partial charge in [0.05, 0.1) is 12.5 Å². The molecule has 0 spiro atoms. The number of hydrogen-bond acceptors (Lipinski definition) is 4. The standard InChI is InChI=1S/C16H21NO4/c1-3-12(2)21-16(20)10-14(9-15(18)19)17-11-13-7-5-4-6-8-13/h4-8,10,12,17H,3,9,11H2,1-2H3,(H,18,19). The number of carboxylic acid groups (broad SMARTS) is 1. The normalized spacial score (nSPS) is 12.6. The zero-order valence-corrected chi connectivity index (χ0v) is 12.3. The lowest BCUT2D eigenvalue weighted by molar-refractivity contribution is -0.142. The molecule has 0 saturated carbocycles. The monoisotopic (exact) mass is 291 g/mol. The highest BCUT2D eigenvalue weighted by atomic mass is 16.5. The molecular formula is C16H21NO4. The summed E-state index contributed by atoms with van der Waals surface area (Å²) in [5.41, 5.74) is 1.34. The van der Waals surface area contributed by atoms with Gasteiger partial charge in [-0.15, -0.1) is 0 Å². The fraction of sp³-hybridized carbons (Fsp3) is 0.375. The Morgan fingerprint density at radius 3 is 2.57 bits per heavy atom. The molecule has 1 atom stereocenters. The summed E-state index contributed by atoms with van der Waals surface area (Å²) in [5.74, 6) is -1.53. The summed E-state index contributed by atoms with van der Waals surface area (Å²) in [6.07, 6.45) is 1.49. The Bertz CT molecular complexity index is 496. The maximum Gasteiger partial charge on any atom is 0.332 e. The first kappa shape index (κ1) is 16.8. The van der Waals surface area contributed by atoms with Gasteiger partial charge in [0.1, 0.15) is 0 Å². The van der Waals surface area contributed by atoms with Crippen molar-refractivity contribution < 1.29 is 19.4 Å². The van der Waals surface area contributed by atoms with E-state index < -0.39 is 11.9 Å². The molecule has 1 aromatic rings. The zero-order valence-electron chi connectivity index (χ0n) is 12.3. The molecule has 0 saturated heterocycles. The van der Waals surface area contributed by atoms with Gasteiger partial charge in [0.15, 0.2) is 0 Å². The fourth-order valence-electron chi connectivity index (χ4n) is 1.60. The summed E-state index contributed by atoms with van der Waals surface area (Å²) in [7, 11) is 0. The number of ether oxygens (including phenoxy) is 1. The smallest absolute Gasteiger partial charge is 0.332 e. The van der Waals surface area contributed by atoms with Crippen LogP contribution in [0.4, 0.5) is 0 Å². The number of benzene rings is 1. The molecule has 0 fully saturated rings. The first-order valence-corrected chi connectivity index (χ1v) is 6.92. The zero-order chi connectivity index (χ0) is 15.7. The minimum atomic E-state index is -1.00. The molecule has 0 aromatic heterocycles. The van der Waals surface area contributed by atoms with Gasteiger partial charge in [0.2, 0.25) is 0 Å². The molecule has 0 heterocycles. The Hall–Kier alpha value is -2.30. The second kappa shape index (κ2) is 8.79. The maximum absolute atomic E-state index is 11.7. The van der Waals surface area contributed by atoms with Crippen molar-refractivity contribution in [1.29, 1.82) is 0 Å². The number of carboxylic acids is 1. The van der Waals surface area contributed by atoms with Crippen molar-refractivity contribution in [2.75, 3.05) is 0 Å². The summed E-state index contributed by atoms with van der Waals surface area (Å²) in [6.45, 7) is 4.16. The van der Waals surface area contributed by atoms with Crippen LogP contribution in [0.15, 0.2) is 42.1 Å². The molecule has 0 bridgehead atoms. The number of nitrogens with one attached hydrogen (secondary N) is 1. The first-order chi connectivity index (χ1) is 10.0. The second-order valence-electron chi connectivity index (χ2n) is 4.73. The van der Waals surface area contributed by atoms with E-state index in [4.69, 9.17) is 9.84 Å². The Morgan fingerprint density at radius 2 is 2.00 bits per heavy atom. The largest absolute Gasteiger partial charge is 0.481 e. The second-order valence-corrected chi connectivity index (χ2v) is 4.73. The Morgan fingerprint density at radius 1 is 1.33 bits per heavy atom. The van der Waals surface area contributed by atoms with E-state index in [1.54, 1.807) is 6.92 Å². The third-order valence-corrected chi connectivity index (χ3v) is 2.89. The van der Waals surface area contributed by atoms with Gasteiger partial charge in [-0.1, -0.05) is 37.3 Å². The molecule has 2 N–H and O–H groups in total. The predicted molar refractivity (Wildman–Crippen MR) is 79.5 cm³/mol. The first-order valence-electron chi connectivity index (χ1n) is 6.92. The van der Waals surface area contributed by atoms with Gasteiger partial charge in [-0.05, 0) is 18.9 Å². The van der Waals surface area contributed by atoms with E-state index in [0.717, 1.165) is 5.56 Å². The van der Waals surface area contributed by atoms with Crippen LogP contribution in [0, 0.1) is 0 Å². The van der Waals surface area contributed by atoms with Gasteiger partial charge in [0, 0.05) is 18.3 Å². The van der Waals surface area contributed by atoms with Gasteiger partial charge in [-0.2, -0.15) is 0 Å². The van der Waals surface area contributed by atoms with Crippen LogP contribution < -0.4 is 5.32 Å². The van der Waals surface area contributed by atoms with E-state index in [9.17, 15) is 9.59 Å². The van der Waals surface area contributed by atoms with Crippen LogP contribution in [0.1, 0.15) is 32.3 Å². The third-order valence-electron chi connectivity index (χ3n) is 2.89. The van der Waals surface area contributed by atoms with E-state index in [2.05, 4.69) is 5.32 Å². The van der Waals surface area contributed by atoms with Gasteiger partial charge in [0.25, 0.3) is 0 Å². The number of aliphatic carboxylic acids is 1. The summed E-state index contributed by atoms with van der Waals surface area (Å²) in [6, 6.07) is 9.54. The Kier molecular flexibility index (Phi) is 7.01. The van der Waals surface area contributed by atoms with Crippen molar-refractivity contribution in [1.82, 2.24) is 5.32 Å². The maximum atomic E-state index is 11.7. The molecule has 21 heavy (non-hydrogen) atoms. The highest BCUT2D eigenvalue weighted by Crippen LogP contribution is 2.05. The molecule has 5 heteroatoms. The van der Waals surface area contributed by atoms with Crippen molar-refractivity contribution in [2.45, 2.75) is 39.3 Å². The minimum absolute atomic E-state index is 0.186. The van der Waals surface area contributed by atoms with E-state index >= 15 is 0 Å². The molecular weight excluding hydrogens is 270 g/mol. The third kappa shape index (κ3) is 7.15. The van der Waals surface area contributed by atoms with Crippen LogP contribution in [0.5, 0.6) is 0 Å². The molecule has 114 valence electrons. The highest BCUT2D eigenvalue weighted by molar-refractivity contribution is 5.84. The van der Waals surface area contributed by atoms with Gasteiger partial charge >= 0.3 is 11.9 Å². The van der Waals surface area contributed by atoms with Crippen molar-refractivity contribution in [3.05, 3.63) is 47.7 Å². The van der Waals surface area contributed by atoms with Gasteiger partial charge in [-0.25, -0.2) is 4.79 Å². The molecule has 0 aliphatic rings. The molecule has 1 rings (SSSR count). The van der Waals surface area contributed by atoms with Crippen LogP contribution in [0.3, 0.4) is 0 Å². The van der Waals surface area contributed by atoms with E-state index in [1.807, 2.05) is 37.3 Å². The lowest BCUT2D eigenvalue weighted by atomic mass is 10.2. The number of carbonyl (C=O) groups excluding carboxylic acids is 1. The van der Waals surface area contributed by atoms with E-state index in [1.165, 1.54) is 6.08 Å². The summed E-state index contributed by atoms with van der Waals surface area (Å²) >= 11 is 0. The number of esters is 1. The molecule has 1 unspecified atom stereocenters. The molecule has 1 aromatic carbocycles. The summed E-state index contributed by atoms with van der Waals surface area (Å²) in [5, 5.41) is 11.9. The molecule has 5 nitrogen and oxygen atoms in total. The molecule has 0 amide bonds. The van der Waals surface area contributed by atoms with Gasteiger partial charge < -0.3 is 15.2 Å². The van der Waals surface area contributed by atoms with E-state index in [0.29, 0.717) is 18.7 Å². The van der Waals surface area contributed by atoms with Crippen LogP contribution >= 0.6 is 0 Å². The predicted octanol–water partition coefficient (Wildman–Crippen LogP) is 2.48. The fourth-order valence-corrected chi connectivity index (χ4v) is 1.60. The number of hydrogen-bond donors (Lipinski definition) is 2. The summed E-state index contributed by atoms with van der Waals surface area (Å²) < 4.78 is 5.12. The molecule has 0 aliphatic carbocycles. The van der Waals surface area contributed by atoms with Crippen molar-refractivity contribution in [3.63, 3.8) is 0 Å². The lowest BCUT2D eigenvalue weighted by Crippen LogP contribution is -2.19. The quantitative estimate of drug-likeness (QED) is 0.568. The number of rotatable bonds is 8. The van der Waals surface area contributed by atoms with Gasteiger partial charge in [-0.3, -0.25) is 4.79 Å². The SMILES string of the molecule is CCC(C)OC(=O)C=C(CC(=O)O)NCc1ccccc1. The molecule has 0 radical (unpaired) electrons. The van der Waals surface area contributed by atoms with Crippen molar-refractivity contribution in [3.8, 4) is 0 Å². The van der Waals surface area contributed by atoms with Crippen molar-refractivity contribution in [2.24, 2.45) is 0 Å². The summed E-state index contributed by atoms with van der Waals surface area (Å²) in [4.78, 5) is 22.5. The lowest BCUT2D eigenvalue weighted by Gasteiger charge is -2.12. The van der Waals surface area contributed by atoms with Crippen LogP contribution in [-0.2, 0) is 20.9 Å². The van der Waals surface area contributed by atoms with Crippen LogP contribution in [0.2, 0.25) is 0 Å².